The van der Waals surface area contributed by atoms with Crippen molar-refractivity contribution in [3.8, 4) is 5.75 Å². The Kier molecular flexibility index (Phi) is 3.71. The number of carbonyl (C=O) groups excluding carboxylic acids is 1. The monoisotopic (exact) mass is 354 g/mol. The Morgan fingerprint density at radius 2 is 1.83 bits per heavy atom. The van der Waals surface area contributed by atoms with Crippen molar-refractivity contribution in [1.82, 2.24) is 0 Å². The Bertz CT molecular complexity index is 582. The first-order chi connectivity index (χ1) is 8.56. The number of amides is 1. The van der Waals surface area contributed by atoms with Crippen LogP contribution in [0.25, 0.3) is 0 Å². The summed E-state index contributed by atoms with van der Waals surface area (Å²) in [7, 11) is 0. The molecule has 2 aromatic rings. The Morgan fingerprint density at radius 1 is 1.17 bits per heavy atom. The van der Waals surface area contributed by atoms with E-state index in [4.69, 9.17) is 5.73 Å². The van der Waals surface area contributed by atoms with Crippen LogP contribution in [0.1, 0.15) is 10.4 Å². The van der Waals surface area contributed by atoms with Crippen molar-refractivity contribution in [3.05, 3.63) is 51.6 Å². The van der Waals surface area contributed by atoms with Crippen LogP contribution in [0.5, 0.6) is 5.75 Å². The molecule has 0 aliphatic rings. The predicted octanol–water partition coefficient (Wildman–Crippen LogP) is 2.83. The molecule has 5 heteroatoms. The van der Waals surface area contributed by atoms with Gasteiger partial charge in [-0.3, -0.25) is 4.79 Å². The molecule has 0 aliphatic heterocycles. The van der Waals surface area contributed by atoms with Crippen molar-refractivity contribution in [2.45, 2.75) is 0 Å². The third-order valence-electron chi connectivity index (χ3n) is 2.39. The van der Waals surface area contributed by atoms with E-state index in [1.54, 1.807) is 18.2 Å². The predicted molar refractivity (Wildman–Crippen MR) is 79.6 cm³/mol. The van der Waals surface area contributed by atoms with Crippen LogP contribution in [0.4, 0.5) is 11.4 Å². The van der Waals surface area contributed by atoms with Gasteiger partial charge in [0.2, 0.25) is 0 Å². The number of phenolic OH excluding ortho intramolecular Hbond substituents is 1. The summed E-state index contributed by atoms with van der Waals surface area (Å²) in [6.45, 7) is 0. The number of nitrogen functional groups attached to an aromatic ring is 1. The molecule has 4 N–H and O–H groups in total. The van der Waals surface area contributed by atoms with Gasteiger partial charge in [-0.25, -0.2) is 0 Å². The quantitative estimate of drug-likeness (QED) is 0.441. The van der Waals surface area contributed by atoms with Gasteiger partial charge >= 0.3 is 0 Å². The van der Waals surface area contributed by atoms with Gasteiger partial charge in [-0.15, -0.1) is 0 Å². The van der Waals surface area contributed by atoms with Crippen molar-refractivity contribution < 1.29 is 9.90 Å². The SMILES string of the molecule is Nc1cc(O)ccc1NC(=O)c1ccc(I)cc1. The van der Waals surface area contributed by atoms with Gasteiger partial charge in [0.15, 0.2) is 0 Å². The van der Waals surface area contributed by atoms with Crippen LogP contribution < -0.4 is 11.1 Å². The molecular weight excluding hydrogens is 343 g/mol. The first kappa shape index (κ1) is 12.7. The van der Waals surface area contributed by atoms with E-state index in [9.17, 15) is 9.90 Å². The van der Waals surface area contributed by atoms with Crippen molar-refractivity contribution in [1.29, 1.82) is 0 Å². The average molecular weight is 354 g/mol. The zero-order chi connectivity index (χ0) is 13.1. The second kappa shape index (κ2) is 5.26. The number of anilines is 2. The van der Waals surface area contributed by atoms with E-state index in [1.807, 2.05) is 12.1 Å². The normalized spacial score (nSPS) is 10.1. The molecule has 2 rings (SSSR count). The third kappa shape index (κ3) is 2.92. The van der Waals surface area contributed by atoms with E-state index in [1.165, 1.54) is 12.1 Å². The Labute approximate surface area is 118 Å². The van der Waals surface area contributed by atoms with Crippen LogP contribution in [0, 0.1) is 3.57 Å². The van der Waals surface area contributed by atoms with Crippen LogP contribution >= 0.6 is 22.6 Å². The maximum absolute atomic E-state index is 11.9. The number of hydrogen-bond donors (Lipinski definition) is 3. The van der Waals surface area contributed by atoms with Crippen molar-refractivity contribution >= 4 is 39.9 Å². The second-order valence-corrected chi connectivity index (χ2v) is 4.98. The Hall–Kier alpha value is -1.76. The fourth-order valence-electron chi connectivity index (χ4n) is 1.46. The van der Waals surface area contributed by atoms with Crippen LogP contribution in [0.2, 0.25) is 0 Å². The lowest BCUT2D eigenvalue weighted by Crippen LogP contribution is -2.13. The molecule has 0 spiro atoms. The molecule has 0 aromatic heterocycles. The molecule has 92 valence electrons. The van der Waals surface area contributed by atoms with Crippen molar-refractivity contribution in [2.75, 3.05) is 11.1 Å². The zero-order valence-corrected chi connectivity index (χ0v) is 11.5. The van der Waals surface area contributed by atoms with Gasteiger partial charge in [0.05, 0.1) is 11.4 Å². The molecule has 0 saturated heterocycles. The standard InChI is InChI=1S/C13H11IN2O2/c14-9-3-1-8(2-4-9)13(18)16-12-6-5-10(17)7-11(12)15/h1-7,17H,15H2,(H,16,18). The molecule has 1 amide bonds. The van der Waals surface area contributed by atoms with Crippen molar-refractivity contribution in [3.63, 3.8) is 0 Å². The average Bonchev–Trinajstić information content (AvgIpc) is 2.33. The number of halogens is 1. The van der Waals surface area contributed by atoms with E-state index < -0.39 is 0 Å². The van der Waals surface area contributed by atoms with Gasteiger partial charge in [0.25, 0.3) is 5.91 Å². The number of benzene rings is 2. The highest BCUT2D eigenvalue weighted by Crippen LogP contribution is 2.23. The second-order valence-electron chi connectivity index (χ2n) is 3.73. The maximum Gasteiger partial charge on any atom is 0.255 e. The minimum Gasteiger partial charge on any atom is -0.508 e. The van der Waals surface area contributed by atoms with E-state index >= 15 is 0 Å². The maximum atomic E-state index is 11.9. The van der Waals surface area contributed by atoms with Gasteiger partial charge in [-0.1, -0.05) is 0 Å². The highest BCUT2D eigenvalue weighted by molar-refractivity contribution is 14.1. The molecule has 0 bridgehead atoms. The van der Waals surface area contributed by atoms with Crippen molar-refractivity contribution in [2.24, 2.45) is 0 Å². The largest absolute Gasteiger partial charge is 0.508 e. The smallest absolute Gasteiger partial charge is 0.255 e. The summed E-state index contributed by atoms with van der Waals surface area (Å²) >= 11 is 2.17. The van der Waals surface area contributed by atoms with E-state index in [2.05, 4.69) is 27.9 Å². The van der Waals surface area contributed by atoms with E-state index in [0.717, 1.165) is 3.57 Å². The molecule has 4 nitrogen and oxygen atoms in total. The van der Waals surface area contributed by atoms with Gasteiger partial charge < -0.3 is 16.2 Å². The molecule has 0 aliphatic carbocycles. The highest BCUT2D eigenvalue weighted by Gasteiger charge is 2.08. The van der Waals surface area contributed by atoms with E-state index in [0.29, 0.717) is 16.9 Å². The zero-order valence-electron chi connectivity index (χ0n) is 9.35. The first-order valence-electron chi connectivity index (χ1n) is 5.21. The Morgan fingerprint density at radius 3 is 2.44 bits per heavy atom. The van der Waals surface area contributed by atoms with E-state index in [-0.39, 0.29) is 11.7 Å². The molecule has 2 aromatic carbocycles. The lowest BCUT2D eigenvalue weighted by molar-refractivity contribution is 0.102. The minimum atomic E-state index is -0.233. The highest BCUT2D eigenvalue weighted by atomic mass is 127. The number of carbonyl (C=O) groups is 1. The number of hydrogen-bond acceptors (Lipinski definition) is 3. The number of rotatable bonds is 2. The lowest BCUT2D eigenvalue weighted by atomic mass is 10.2. The minimum absolute atomic E-state index is 0.0692. The molecule has 18 heavy (non-hydrogen) atoms. The van der Waals surface area contributed by atoms with Gasteiger partial charge in [0.1, 0.15) is 5.75 Å². The van der Waals surface area contributed by atoms with Crippen LogP contribution in [-0.2, 0) is 0 Å². The summed E-state index contributed by atoms with van der Waals surface area (Å²) in [5, 5.41) is 11.9. The molecule has 0 fully saturated rings. The number of phenols is 1. The summed E-state index contributed by atoms with van der Waals surface area (Å²) in [6.07, 6.45) is 0. The third-order valence-corrected chi connectivity index (χ3v) is 3.11. The summed E-state index contributed by atoms with van der Waals surface area (Å²) in [4.78, 5) is 11.9. The number of nitrogens with two attached hydrogens (primary N) is 1. The summed E-state index contributed by atoms with van der Waals surface area (Å²) < 4.78 is 1.06. The number of aromatic hydroxyl groups is 1. The molecule has 0 unspecified atom stereocenters. The molecule has 0 atom stereocenters. The van der Waals surface area contributed by atoms with Crippen LogP contribution in [0.15, 0.2) is 42.5 Å². The van der Waals surface area contributed by atoms with Gasteiger partial charge in [0, 0.05) is 15.2 Å². The molecule has 0 saturated carbocycles. The molecule has 0 heterocycles. The number of nitrogens with one attached hydrogen (secondary N) is 1. The first-order valence-corrected chi connectivity index (χ1v) is 6.29. The Balaban J connectivity index is 2.18. The topological polar surface area (TPSA) is 75.3 Å². The van der Waals surface area contributed by atoms with Crippen LogP contribution in [-0.4, -0.2) is 11.0 Å². The fraction of sp³-hybridized carbons (Fsp3) is 0. The lowest BCUT2D eigenvalue weighted by Gasteiger charge is -2.08. The summed E-state index contributed by atoms with van der Waals surface area (Å²) in [5.41, 5.74) is 7.06. The van der Waals surface area contributed by atoms with Gasteiger partial charge in [-0.2, -0.15) is 0 Å². The fourth-order valence-corrected chi connectivity index (χ4v) is 1.82. The molecule has 0 radical (unpaired) electrons. The molecular formula is C13H11IN2O2. The summed E-state index contributed by atoms with van der Waals surface area (Å²) in [6, 6.07) is 11.6. The summed E-state index contributed by atoms with van der Waals surface area (Å²) in [5.74, 6) is -0.163. The van der Waals surface area contributed by atoms with Crippen LogP contribution in [0.3, 0.4) is 0 Å². The van der Waals surface area contributed by atoms with Gasteiger partial charge in [-0.05, 0) is 59.0 Å².